The second kappa shape index (κ2) is 5.29. The number of benzene rings is 1. The molecule has 3 rings (SSSR count). The highest BCUT2D eigenvalue weighted by Gasteiger charge is 2.23. The van der Waals surface area contributed by atoms with Crippen LogP contribution in [0.15, 0.2) is 24.3 Å². The van der Waals surface area contributed by atoms with Crippen molar-refractivity contribution >= 4 is 16.8 Å². The number of hydrogen-bond donors (Lipinski definition) is 1. The van der Waals surface area contributed by atoms with Gasteiger partial charge in [-0.05, 0) is 38.6 Å². The van der Waals surface area contributed by atoms with Gasteiger partial charge in [0.25, 0.3) is 5.91 Å². The summed E-state index contributed by atoms with van der Waals surface area (Å²) in [6.45, 7) is 2.55. The van der Waals surface area contributed by atoms with Crippen molar-refractivity contribution in [1.29, 1.82) is 0 Å². The standard InChI is InChI=1S/C16H21N3O/c1-18(2)10-11-19-14-8-4-3-6-12(14)13-7-5-9-17-16(20)15(13)19/h3-4,6,8H,5,7,9-11H2,1-2H3,(H,17,20). The van der Waals surface area contributed by atoms with E-state index in [1.807, 2.05) is 6.07 Å². The molecular formula is C16H21N3O. The molecule has 0 aliphatic carbocycles. The van der Waals surface area contributed by atoms with Crippen LogP contribution >= 0.6 is 0 Å². The van der Waals surface area contributed by atoms with Gasteiger partial charge in [0.1, 0.15) is 5.69 Å². The number of likely N-dealkylation sites (N-methyl/N-ethyl adjacent to an activating group) is 1. The van der Waals surface area contributed by atoms with Gasteiger partial charge in [0.15, 0.2) is 0 Å². The van der Waals surface area contributed by atoms with Gasteiger partial charge < -0.3 is 14.8 Å². The molecule has 2 heterocycles. The fourth-order valence-electron chi connectivity index (χ4n) is 2.97. The van der Waals surface area contributed by atoms with Crippen LogP contribution in [-0.2, 0) is 13.0 Å². The molecular weight excluding hydrogens is 250 g/mol. The van der Waals surface area contributed by atoms with E-state index < -0.39 is 0 Å². The number of rotatable bonds is 3. The van der Waals surface area contributed by atoms with Gasteiger partial charge in [-0.3, -0.25) is 4.79 Å². The van der Waals surface area contributed by atoms with E-state index in [1.54, 1.807) is 0 Å². The smallest absolute Gasteiger partial charge is 0.268 e. The van der Waals surface area contributed by atoms with Gasteiger partial charge in [-0.15, -0.1) is 0 Å². The molecule has 2 aromatic rings. The third-order valence-electron chi connectivity index (χ3n) is 3.95. The second-order valence-electron chi connectivity index (χ2n) is 5.66. The molecule has 1 N–H and O–H groups in total. The predicted octanol–water partition coefficient (Wildman–Crippen LogP) is 1.88. The summed E-state index contributed by atoms with van der Waals surface area (Å²) < 4.78 is 2.19. The SMILES string of the molecule is CN(C)CCn1c2c(c3ccccc31)CCCNC2=O. The molecule has 0 saturated carbocycles. The number of hydrogen-bond acceptors (Lipinski definition) is 2. The number of aromatic nitrogens is 1. The van der Waals surface area contributed by atoms with Crippen molar-refractivity contribution in [1.82, 2.24) is 14.8 Å². The third-order valence-corrected chi connectivity index (χ3v) is 3.95. The summed E-state index contributed by atoms with van der Waals surface area (Å²) in [7, 11) is 4.12. The predicted molar refractivity (Wildman–Crippen MR) is 81.1 cm³/mol. The van der Waals surface area contributed by atoms with E-state index in [4.69, 9.17) is 0 Å². The summed E-state index contributed by atoms with van der Waals surface area (Å²) >= 11 is 0. The first-order valence-corrected chi connectivity index (χ1v) is 7.21. The number of carbonyl (C=O) groups excluding carboxylic acids is 1. The van der Waals surface area contributed by atoms with Crippen molar-refractivity contribution in [3.05, 3.63) is 35.5 Å². The van der Waals surface area contributed by atoms with Gasteiger partial charge in [-0.25, -0.2) is 0 Å². The molecule has 1 aromatic carbocycles. The molecule has 20 heavy (non-hydrogen) atoms. The average molecular weight is 271 g/mol. The van der Waals surface area contributed by atoms with Crippen LogP contribution in [0, 0.1) is 0 Å². The highest BCUT2D eigenvalue weighted by Crippen LogP contribution is 2.28. The van der Waals surface area contributed by atoms with E-state index in [-0.39, 0.29) is 5.91 Å². The molecule has 0 bridgehead atoms. The lowest BCUT2D eigenvalue weighted by atomic mass is 10.1. The topological polar surface area (TPSA) is 37.3 Å². The van der Waals surface area contributed by atoms with Crippen LogP contribution in [0.5, 0.6) is 0 Å². The number of para-hydroxylation sites is 1. The number of nitrogens with zero attached hydrogens (tertiary/aromatic N) is 2. The second-order valence-corrected chi connectivity index (χ2v) is 5.66. The molecule has 4 nitrogen and oxygen atoms in total. The average Bonchev–Trinajstić information content (AvgIpc) is 2.62. The first-order chi connectivity index (χ1) is 9.68. The molecule has 1 aromatic heterocycles. The van der Waals surface area contributed by atoms with Crippen LogP contribution in [0.4, 0.5) is 0 Å². The minimum absolute atomic E-state index is 0.0763. The van der Waals surface area contributed by atoms with E-state index in [9.17, 15) is 4.79 Å². The summed E-state index contributed by atoms with van der Waals surface area (Å²) in [5.41, 5.74) is 3.26. The Balaban J connectivity index is 2.17. The molecule has 0 spiro atoms. The summed E-state index contributed by atoms with van der Waals surface area (Å²) in [6, 6.07) is 8.36. The third kappa shape index (κ3) is 2.20. The zero-order valence-electron chi connectivity index (χ0n) is 12.1. The summed E-state index contributed by atoms with van der Waals surface area (Å²) in [6.07, 6.45) is 1.99. The van der Waals surface area contributed by atoms with Crippen molar-refractivity contribution < 1.29 is 4.79 Å². The van der Waals surface area contributed by atoms with Crippen LogP contribution in [0.2, 0.25) is 0 Å². The lowest BCUT2D eigenvalue weighted by Crippen LogP contribution is -2.27. The minimum atomic E-state index is 0.0763. The Morgan fingerprint density at radius 1 is 1.30 bits per heavy atom. The minimum Gasteiger partial charge on any atom is -0.351 e. The van der Waals surface area contributed by atoms with Gasteiger partial charge in [0.2, 0.25) is 0 Å². The highest BCUT2D eigenvalue weighted by molar-refractivity contribution is 6.02. The Bertz CT molecular complexity index is 642. The molecule has 0 fully saturated rings. The molecule has 0 radical (unpaired) electrons. The quantitative estimate of drug-likeness (QED) is 0.925. The number of amides is 1. The molecule has 0 unspecified atom stereocenters. The molecule has 0 atom stereocenters. The van der Waals surface area contributed by atoms with Crippen molar-refractivity contribution in [2.45, 2.75) is 19.4 Å². The number of fused-ring (bicyclic) bond motifs is 3. The van der Waals surface area contributed by atoms with Crippen molar-refractivity contribution in [2.75, 3.05) is 27.2 Å². The lowest BCUT2D eigenvalue weighted by molar-refractivity contribution is 0.0946. The fraction of sp³-hybridized carbons (Fsp3) is 0.438. The van der Waals surface area contributed by atoms with Crippen LogP contribution in [0.25, 0.3) is 10.9 Å². The molecule has 1 aliphatic rings. The normalized spacial score (nSPS) is 15.2. The maximum atomic E-state index is 12.4. The summed E-state index contributed by atoms with van der Waals surface area (Å²) in [5, 5.41) is 4.25. The molecule has 106 valence electrons. The largest absolute Gasteiger partial charge is 0.351 e. The number of carbonyl (C=O) groups is 1. The summed E-state index contributed by atoms with van der Waals surface area (Å²) in [4.78, 5) is 14.5. The first-order valence-electron chi connectivity index (χ1n) is 7.21. The van der Waals surface area contributed by atoms with Gasteiger partial charge in [-0.1, -0.05) is 18.2 Å². The monoisotopic (exact) mass is 271 g/mol. The summed E-state index contributed by atoms with van der Waals surface area (Å²) in [5.74, 6) is 0.0763. The Morgan fingerprint density at radius 2 is 2.10 bits per heavy atom. The van der Waals surface area contributed by atoms with Gasteiger partial charge in [0.05, 0.1) is 0 Å². The van der Waals surface area contributed by atoms with Crippen LogP contribution in [0.1, 0.15) is 22.5 Å². The van der Waals surface area contributed by atoms with Crippen LogP contribution in [0.3, 0.4) is 0 Å². The Labute approximate surface area is 119 Å². The first kappa shape index (κ1) is 13.2. The van der Waals surface area contributed by atoms with Crippen molar-refractivity contribution in [3.63, 3.8) is 0 Å². The zero-order valence-corrected chi connectivity index (χ0v) is 12.1. The molecule has 4 heteroatoms. The maximum absolute atomic E-state index is 12.4. The Hall–Kier alpha value is -1.81. The number of nitrogens with one attached hydrogen (secondary N) is 1. The Kier molecular flexibility index (Phi) is 3.49. The molecule has 1 aliphatic heterocycles. The van der Waals surface area contributed by atoms with Crippen LogP contribution in [-0.4, -0.2) is 42.6 Å². The fourth-order valence-corrected chi connectivity index (χ4v) is 2.97. The van der Waals surface area contributed by atoms with E-state index >= 15 is 0 Å². The van der Waals surface area contributed by atoms with E-state index in [0.29, 0.717) is 0 Å². The van der Waals surface area contributed by atoms with Gasteiger partial charge >= 0.3 is 0 Å². The van der Waals surface area contributed by atoms with Crippen LogP contribution < -0.4 is 5.32 Å². The lowest BCUT2D eigenvalue weighted by Gasteiger charge is -2.14. The van der Waals surface area contributed by atoms with Crippen molar-refractivity contribution in [2.24, 2.45) is 0 Å². The molecule has 1 amide bonds. The van der Waals surface area contributed by atoms with E-state index in [0.717, 1.165) is 38.2 Å². The zero-order chi connectivity index (χ0) is 14.1. The van der Waals surface area contributed by atoms with E-state index in [1.165, 1.54) is 16.5 Å². The molecule has 0 saturated heterocycles. The highest BCUT2D eigenvalue weighted by atomic mass is 16.1. The van der Waals surface area contributed by atoms with Gasteiger partial charge in [0, 0.05) is 30.5 Å². The van der Waals surface area contributed by atoms with Crippen molar-refractivity contribution in [3.8, 4) is 0 Å². The Morgan fingerprint density at radius 3 is 2.90 bits per heavy atom. The maximum Gasteiger partial charge on any atom is 0.268 e. The van der Waals surface area contributed by atoms with Gasteiger partial charge in [-0.2, -0.15) is 0 Å². The number of aryl methyl sites for hydroxylation is 1. The van der Waals surface area contributed by atoms with E-state index in [2.05, 4.69) is 47.1 Å².